The Bertz CT molecular complexity index is 656. The molecule has 0 unspecified atom stereocenters. The van der Waals surface area contributed by atoms with Crippen molar-refractivity contribution >= 4 is 29.2 Å². The summed E-state index contributed by atoms with van der Waals surface area (Å²) < 4.78 is 0. The zero-order valence-electron chi connectivity index (χ0n) is 14.3. The molecule has 2 saturated heterocycles. The second-order valence-electron chi connectivity index (χ2n) is 6.63. The van der Waals surface area contributed by atoms with E-state index in [0.29, 0.717) is 23.8 Å². The number of urea groups is 1. The Kier molecular flexibility index (Phi) is 4.69. The average molecular weight is 351 g/mol. The van der Waals surface area contributed by atoms with Gasteiger partial charge in [-0.05, 0) is 31.0 Å². The number of piperazine rings is 2. The van der Waals surface area contributed by atoms with E-state index < -0.39 is 0 Å². The van der Waals surface area contributed by atoms with Gasteiger partial charge in [-0.1, -0.05) is 17.7 Å². The minimum atomic E-state index is -0.238. The summed E-state index contributed by atoms with van der Waals surface area (Å²) in [6, 6.07) is 3.38. The smallest absolute Gasteiger partial charge is 0.322 e. The van der Waals surface area contributed by atoms with Gasteiger partial charge in [0.1, 0.15) is 6.04 Å². The summed E-state index contributed by atoms with van der Waals surface area (Å²) >= 11 is 6.27. The fourth-order valence-electron chi connectivity index (χ4n) is 3.41. The molecule has 0 radical (unpaired) electrons. The fraction of sp³-hybridized carbons (Fsp3) is 0.529. The minimum Gasteiger partial charge on any atom is -0.343 e. The van der Waals surface area contributed by atoms with Gasteiger partial charge in [0.15, 0.2) is 0 Å². The summed E-state index contributed by atoms with van der Waals surface area (Å²) in [6.45, 7) is 7.25. The van der Waals surface area contributed by atoms with Gasteiger partial charge in [0.05, 0.1) is 10.7 Å². The number of rotatable bonds is 1. The molecule has 1 aromatic rings. The van der Waals surface area contributed by atoms with Crippen molar-refractivity contribution < 1.29 is 9.59 Å². The lowest BCUT2D eigenvalue weighted by atomic mass is 10.1. The number of nitrogens with one attached hydrogen (secondary N) is 1. The lowest BCUT2D eigenvalue weighted by Gasteiger charge is -2.45. The van der Waals surface area contributed by atoms with Crippen molar-refractivity contribution in [3.8, 4) is 0 Å². The molecule has 2 aliphatic heterocycles. The van der Waals surface area contributed by atoms with Crippen LogP contribution in [0.3, 0.4) is 0 Å². The molecule has 0 spiro atoms. The Morgan fingerprint density at radius 1 is 1.21 bits per heavy atom. The Balaban J connectivity index is 1.71. The molecule has 0 bridgehead atoms. The third-order valence-corrected chi connectivity index (χ3v) is 5.12. The topological polar surface area (TPSA) is 55.9 Å². The highest BCUT2D eigenvalue weighted by Crippen LogP contribution is 2.28. The van der Waals surface area contributed by atoms with Gasteiger partial charge in [0.25, 0.3) is 0 Å². The number of anilines is 1. The van der Waals surface area contributed by atoms with Crippen molar-refractivity contribution in [2.45, 2.75) is 19.9 Å². The SMILES string of the molecule is Cc1cc(C)c(NC(=O)N2CCN3CCN(C)C(=O)[C@@H]3C2)c(Cl)c1. The predicted octanol–water partition coefficient (Wildman–Crippen LogP) is 1.95. The first kappa shape index (κ1) is 17.0. The van der Waals surface area contributed by atoms with Crippen LogP contribution in [-0.4, -0.2) is 72.5 Å². The number of carbonyl (C=O) groups excluding carboxylic acids is 2. The second kappa shape index (κ2) is 6.61. The number of fused-ring (bicyclic) bond motifs is 1. The number of hydrogen-bond acceptors (Lipinski definition) is 3. The van der Waals surface area contributed by atoms with Crippen molar-refractivity contribution in [2.24, 2.45) is 0 Å². The van der Waals surface area contributed by atoms with Gasteiger partial charge in [0.2, 0.25) is 5.91 Å². The third-order valence-electron chi connectivity index (χ3n) is 4.83. The lowest BCUT2D eigenvalue weighted by molar-refractivity contribution is -0.142. The van der Waals surface area contributed by atoms with E-state index in [9.17, 15) is 9.59 Å². The first-order chi connectivity index (χ1) is 11.4. The molecule has 6 nitrogen and oxygen atoms in total. The van der Waals surface area contributed by atoms with Crippen LogP contribution in [0.4, 0.5) is 10.5 Å². The molecule has 3 amide bonds. The molecular formula is C17H23ClN4O2. The van der Waals surface area contributed by atoms with Crippen LogP contribution in [0.2, 0.25) is 5.02 Å². The van der Waals surface area contributed by atoms with Crippen LogP contribution in [0.15, 0.2) is 12.1 Å². The van der Waals surface area contributed by atoms with Gasteiger partial charge in [-0.25, -0.2) is 4.79 Å². The fourth-order valence-corrected chi connectivity index (χ4v) is 3.78. The Morgan fingerprint density at radius 3 is 2.62 bits per heavy atom. The van der Waals surface area contributed by atoms with Gasteiger partial charge in [-0.3, -0.25) is 9.69 Å². The molecule has 7 heteroatoms. The molecule has 130 valence electrons. The molecule has 2 aliphatic rings. The van der Waals surface area contributed by atoms with Crippen LogP contribution in [0.25, 0.3) is 0 Å². The van der Waals surface area contributed by atoms with Crippen LogP contribution in [0.1, 0.15) is 11.1 Å². The highest BCUT2D eigenvalue weighted by molar-refractivity contribution is 6.34. The quantitative estimate of drug-likeness (QED) is 0.842. The largest absolute Gasteiger partial charge is 0.343 e. The number of carbonyl (C=O) groups is 2. The van der Waals surface area contributed by atoms with Crippen molar-refractivity contribution in [1.29, 1.82) is 0 Å². The zero-order chi connectivity index (χ0) is 17.4. The normalized spacial score (nSPS) is 21.7. The van der Waals surface area contributed by atoms with Crippen molar-refractivity contribution in [1.82, 2.24) is 14.7 Å². The second-order valence-corrected chi connectivity index (χ2v) is 7.03. The molecular weight excluding hydrogens is 328 g/mol. The summed E-state index contributed by atoms with van der Waals surface area (Å²) in [5.41, 5.74) is 2.63. The van der Waals surface area contributed by atoms with Gasteiger partial charge in [-0.15, -0.1) is 0 Å². The molecule has 0 saturated carbocycles. The van der Waals surface area contributed by atoms with E-state index in [2.05, 4.69) is 10.2 Å². The van der Waals surface area contributed by atoms with E-state index in [-0.39, 0.29) is 18.0 Å². The first-order valence-corrected chi connectivity index (χ1v) is 8.56. The summed E-state index contributed by atoms with van der Waals surface area (Å²) in [5.74, 6) is 0.0864. The molecule has 0 aliphatic carbocycles. The van der Waals surface area contributed by atoms with Crippen LogP contribution in [-0.2, 0) is 4.79 Å². The number of amides is 3. The summed E-state index contributed by atoms with van der Waals surface area (Å²) in [7, 11) is 1.81. The number of benzene rings is 1. The standard InChI is InChI=1S/C17H23ClN4O2/c1-11-8-12(2)15(13(18)9-11)19-17(24)22-7-6-21-5-4-20(3)16(23)14(21)10-22/h8-9,14H,4-7,10H2,1-3H3,(H,19,24)/t14-/m0/s1. The van der Waals surface area contributed by atoms with E-state index >= 15 is 0 Å². The lowest BCUT2D eigenvalue weighted by Crippen LogP contribution is -2.65. The molecule has 1 N–H and O–H groups in total. The van der Waals surface area contributed by atoms with Crippen LogP contribution in [0.5, 0.6) is 0 Å². The van der Waals surface area contributed by atoms with E-state index in [1.54, 1.807) is 9.80 Å². The van der Waals surface area contributed by atoms with Gasteiger partial charge < -0.3 is 15.1 Å². The van der Waals surface area contributed by atoms with Crippen molar-refractivity contribution in [2.75, 3.05) is 45.1 Å². The molecule has 2 fully saturated rings. The molecule has 24 heavy (non-hydrogen) atoms. The van der Waals surface area contributed by atoms with E-state index in [4.69, 9.17) is 11.6 Å². The molecule has 1 atom stereocenters. The number of halogens is 1. The summed E-state index contributed by atoms with van der Waals surface area (Å²) in [4.78, 5) is 30.6. The predicted molar refractivity (Wildman–Crippen MR) is 94.5 cm³/mol. The van der Waals surface area contributed by atoms with Crippen LogP contribution >= 0.6 is 11.6 Å². The van der Waals surface area contributed by atoms with E-state index in [1.165, 1.54) is 0 Å². The average Bonchev–Trinajstić information content (AvgIpc) is 2.54. The Hall–Kier alpha value is -1.79. The molecule has 2 heterocycles. The monoisotopic (exact) mass is 350 g/mol. The first-order valence-electron chi connectivity index (χ1n) is 8.18. The zero-order valence-corrected chi connectivity index (χ0v) is 15.1. The number of nitrogens with zero attached hydrogens (tertiary/aromatic N) is 3. The van der Waals surface area contributed by atoms with Crippen LogP contribution < -0.4 is 5.32 Å². The van der Waals surface area contributed by atoms with Crippen molar-refractivity contribution in [3.05, 3.63) is 28.3 Å². The summed E-state index contributed by atoms with van der Waals surface area (Å²) in [5, 5.41) is 3.44. The maximum Gasteiger partial charge on any atom is 0.322 e. The summed E-state index contributed by atoms with van der Waals surface area (Å²) in [6.07, 6.45) is 0. The highest BCUT2D eigenvalue weighted by atomic mass is 35.5. The number of aryl methyl sites for hydroxylation is 2. The Labute approximate surface area is 147 Å². The van der Waals surface area contributed by atoms with Crippen LogP contribution in [0, 0.1) is 13.8 Å². The maximum atomic E-state index is 12.6. The highest BCUT2D eigenvalue weighted by Gasteiger charge is 2.38. The van der Waals surface area contributed by atoms with Gasteiger partial charge in [-0.2, -0.15) is 0 Å². The number of hydrogen-bond donors (Lipinski definition) is 1. The van der Waals surface area contributed by atoms with E-state index in [1.807, 2.05) is 33.0 Å². The van der Waals surface area contributed by atoms with Gasteiger partial charge >= 0.3 is 6.03 Å². The Morgan fingerprint density at radius 2 is 1.92 bits per heavy atom. The molecule has 3 rings (SSSR count). The molecule has 1 aromatic carbocycles. The van der Waals surface area contributed by atoms with Crippen molar-refractivity contribution in [3.63, 3.8) is 0 Å². The van der Waals surface area contributed by atoms with E-state index in [0.717, 1.165) is 30.8 Å². The van der Waals surface area contributed by atoms with Gasteiger partial charge in [0, 0.05) is 39.8 Å². The maximum absolute atomic E-state index is 12.6. The minimum absolute atomic E-state index is 0.0864. The third kappa shape index (κ3) is 3.21. The number of likely N-dealkylation sites (N-methyl/N-ethyl adjacent to an activating group) is 1. The molecule has 0 aromatic heterocycles.